The molecule has 1 saturated carbocycles. The highest BCUT2D eigenvalue weighted by Gasteiger charge is 2.60. The highest BCUT2D eigenvalue weighted by Crippen LogP contribution is 2.49. The molecule has 1 aromatic rings. The van der Waals surface area contributed by atoms with E-state index in [1.165, 1.54) is 6.07 Å². The number of rotatable bonds is 5. The molecule has 0 spiro atoms. The number of sulfone groups is 1. The minimum Gasteiger partial charge on any atom is -0.480 e. The van der Waals surface area contributed by atoms with Crippen molar-refractivity contribution in [3.05, 3.63) is 27.1 Å². The molecule has 0 aromatic heterocycles. The van der Waals surface area contributed by atoms with Crippen molar-refractivity contribution in [3.63, 3.8) is 0 Å². The van der Waals surface area contributed by atoms with E-state index in [1.807, 2.05) is 6.92 Å². The topological polar surface area (TPSA) is 71.4 Å². The zero-order valence-electron chi connectivity index (χ0n) is 11.5. The lowest BCUT2D eigenvalue weighted by Crippen LogP contribution is -2.56. The molecule has 2 rings (SSSR count). The Labute approximate surface area is 141 Å². The Bertz CT molecular complexity index is 664. The second-order valence-electron chi connectivity index (χ2n) is 5.44. The number of carbonyl (C=O) groups is 1. The highest BCUT2D eigenvalue weighted by atomic mass is 79.9. The first kappa shape index (κ1) is 17.0. The van der Waals surface area contributed by atoms with E-state index in [0.29, 0.717) is 8.95 Å². The first-order valence-corrected chi connectivity index (χ1v) is 9.74. The molecule has 1 fully saturated rings. The molecule has 1 aromatic carbocycles. The average Bonchev–Trinajstić information content (AvgIpc) is 2.35. The number of carboxylic acids is 1. The van der Waals surface area contributed by atoms with Crippen LogP contribution in [0.2, 0.25) is 0 Å². The summed E-state index contributed by atoms with van der Waals surface area (Å²) in [4.78, 5) is 11.7. The normalized spacial score (nSPS) is 25.4. The molecule has 0 saturated heterocycles. The largest absolute Gasteiger partial charge is 0.480 e. The number of aliphatic carboxylic acids is 1. The minimum atomic E-state index is -3.94. The molecule has 0 atom stereocenters. The predicted octanol–water partition coefficient (Wildman–Crippen LogP) is 4.02. The summed E-state index contributed by atoms with van der Waals surface area (Å²) in [7, 11) is -3.94. The minimum absolute atomic E-state index is 0.0363. The predicted molar refractivity (Wildman–Crippen MR) is 87.0 cm³/mol. The molecule has 7 heteroatoms. The monoisotopic (exact) mass is 438 g/mol. The third-order valence-corrected chi connectivity index (χ3v) is 7.92. The SMILES string of the molecule is CCCC1CC(C(=O)O)(S(=O)(=O)c2cc(Br)ccc2Br)C1. The van der Waals surface area contributed by atoms with E-state index in [-0.39, 0.29) is 23.7 Å². The van der Waals surface area contributed by atoms with Crippen molar-refractivity contribution in [3.8, 4) is 0 Å². The van der Waals surface area contributed by atoms with Gasteiger partial charge in [-0.1, -0.05) is 35.7 Å². The Kier molecular flexibility index (Phi) is 4.85. The highest BCUT2D eigenvalue weighted by molar-refractivity contribution is 9.11. The van der Waals surface area contributed by atoms with Crippen LogP contribution in [0.25, 0.3) is 0 Å². The van der Waals surface area contributed by atoms with Crippen LogP contribution in [0.15, 0.2) is 32.0 Å². The van der Waals surface area contributed by atoms with Gasteiger partial charge in [-0.3, -0.25) is 4.79 Å². The van der Waals surface area contributed by atoms with Gasteiger partial charge in [0.05, 0.1) is 4.90 Å². The molecule has 0 heterocycles. The quantitative estimate of drug-likeness (QED) is 0.751. The maximum Gasteiger partial charge on any atom is 0.325 e. The van der Waals surface area contributed by atoms with Gasteiger partial charge >= 0.3 is 5.97 Å². The van der Waals surface area contributed by atoms with Crippen LogP contribution in [-0.2, 0) is 14.6 Å². The van der Waals surface area contributed by atoms with Gasteiger partial charge in [0.2, 0.25) is 0 Å². The summed E-state index contributed by atoms with van der Waals surface area (Å²) in [5, 5.41) is 9.52. The first-order valence-electron chi connectivity index (χ1n) is 6.67. The van der Waals surface area contributed by atoms with Crippen molar-refractivity contribution < 1.29 is 18.3 Å². The maximum absolute atomic E-state index is 12.9. The van der Waals surface area contributed by atoms with Gasteiger partial charge in [-0.15, -0.1) is 0 Å². The summed E-state index contributed by atoms with van der Waals surface area (Å²) in [6, 6.07) is 4.77. The summed E-state index contributed by atoms with van der Waals surface area (Å²) in [6.07, 6.45) is 2.18. The van der Waals surface area contributed by atoms with Crippen molar-refractivity contribution in [1.82, 2.24) is 0 Å². The Balaban J connectivity index is 2.46. The van der Waals surface area contributed by atoms with E-state index >= 15 is 0 Å². The Morgan fingerprint density at radius 2 is 2.00 bits per heavy atom. The summed E-state index contributed by atoms with van der Waals surface area (Å²) in [5.41, 5.74) is 0. The van der Waals surface area contributed by atoms with Crippen LogP contribution in [0.4, 0.5) is 0 Å². The van der Waals surface area contributed by atoms with Crippen LogP contribution < -0.4 is 0 Å². The van der Waals surface area contributed by atoms with Crippen LogP contribution in [0.3, 0.4) is 0 Å². The van der Waals surface area contributed by atoms with Crippen molar-refractivity contribution >= 4 is 47.7 Å². The van der Waals surface area contributed by atoms with Crippen LogP contribution in [-0.4, -0.2) is 24.2 Å². The van der Waals surface area contributed by atoms with Crippen LogP contribution in [0.5, 0.6) is 0 Å². The average molecular weight is 440 g/mol. The van der Waals surface area contributed by atoms with Gasteiger partial charge in [-0.2, -0.15) is 0 Å². The summed E-state index contributed by atoms with van der Waals surface area (Å²) in [5.74, 6) is -1.08. The lowest BCUT2D eigenvalue weighted by molar-refractivity contribution is -0.144. The molecule has 116 valence electrons. The van der Waals surface area contributed by atoms with Gasteiger partial charge < -0.3 is 5.11 Å². The lowest BCUT2D eigenvalue weighted by Gasteiger charge is -2.43. The molecular weight excluding hydrogens is 424 g/mol. The number of hydrogen-bond donors (Lipinski definition) is 1. The van der Waals surface area contributed by atoms with Gasteiger partial charge in [-0.05, 0) is 52.9 Å². The van der Waals surface area contributed by atoms with Crippen LogP contribution in [0.1, 0.15) is 32.6 Å². The summed E-state index contributed by atoms with van der Waals surface area (Å²) >= 11 is 6.45. The molecule has 1 aliphatic carbocycles. The zero-order chi connectivity index (χ0) is 15.8. The first-order chi connectivity index (χ1) is 9.74. The number of hydrogen-bond acceptors (Lipinski definition) is 3. The Hall–Kier alpha value is -0.400. The van der Waals surface area contributed by atoms with Gasteiger partial charge in [0, 0.05) is 8.95 Å². The van der Waals surface area contributed by atoms with Gasteiger partial charge in [0.25, 0.3) is 0 Å². The maximum atomic E-state index is 12.9. The van der Waals surface area contributed by atoms with Crippen molar-refractivity contribution in [1.29, 1.82) is 0 Å². The molecule has 0 amide bonds. The number of halogens is 2. The Morgan fingerprint density at radius 1 is 1.38 bits per heavy atom. The van der Waals surface area contributed by atoms with Crippen molar-refractivity contribution in [2.75, 3.05) is 0 Å². The zero-order valence-corrected chi connectivity index (χ0v) is 15.5. The lowest BCUT2D eigenvalue weighted by atomic mass is 9.72. The second-order valence-corrected chi connectivity index (χ2v) is 9.44. The van der Waals surface area contributed by atoms with E-state index in [2.05, 4.69) is 31.9 Å². The standard InChI is InChI=1S/C14H16Br2O4S/c1-2-3-9-7-14(8-9,13(17)18)21(19,20)12-6-10(15)4-5-11(12)16/h4-6,9H,2-3,7-8H2,1H3,(H,17,18). The summed E-state index contributed by atoms with van der Waals surface area (Å²) < 4.78 is 25.1. The van der Waals surface area contributed by atoms with Crippen LogP contribution >= 0.6 is 31.9 Å². The smallest absolute Gasteiger partial charge is 0.325 e. The van der Waals surface area contributed by atoms with E-state index in [4.69, 9.17) is 0 Å². The third-order valence-electron chi connectivity index (χ3n) is 4.02. The molecule has 0 unspecified atom stereocenters. The third kappa shape index (κ3) is 2.80. The van der Waals surface area contributed by atoms with Crippen molar-refractivity contribution in [2.45, 2.75) is 42.2 Å². The number of carboxylic acid groups (broad SMARTS) is 1. The fourth-order valence-corrected chi connectivity index (χ4v) is 6.45. The summed E-state index contributed by atoms with van der Waals surface area (Å²) in [6.45, 7) is 2.01. The van der Waals surface area contributed by atoms with E-state index < -0.39 is 20.6 Å². The van der Waals surface area contributed by atoms with Crippen LogP contribution in [0, 0.1) is 5.92 Å². The molecule has 4 nitrogen and oxygen atoms in total. The molecule has 1 N–H and O–H groups in total. The van der Waals surface area contributed by atoms with E-state index in [1.54, 1.807) is 12.1 Å². The van der Waals surface area contributed by atoms with E-state index in [9.17, 15) is 18.3 Å². The second kappa shape index (κ2) is 6.01. The van der Waals surface area contributed by atoms with Gasteiger partial charge in [0.1, 0.15) is 0 Å². The van der Waals surface area contributed by atoms with Gasteiger partial charge in [0.15, 0.2) is 14.6 Å². The fraction of sp³-hybridized carbons (Fsp3) is 0.500. The molecular formula is C14H16Br2O4S. The molecule has 1 aliphatic rings. The molecule has 0 aliphatic heterocycles. The van der Waals surface area contributed by atoms with Gasteiger partial charge in [-0.25, -0.2) is 8.42 Å². The fourth-order valence-electron chi connectivity index (χ4n) is 2.89. The molecule has 21 heavy (non-hydrogen) atoms. The molecule has 0 radical (unpaired) electrons. The number of benzene rings is 1. The van der Waals surface area contributed by atoms with Crippen molar-refractivity contribution in [2.24, 2.45) is 5.92 Å². The molecule has 0 bridgehead atoms. The Morgan fingerprint density at radius 3 is 2.52 bits per heavy atom. The van der Waals surface area contributed by atoms with E-state index in [0.717, 1.165) is 12.8 Å².